The van der Waals surface area contributed by atoms with Crippen molar-refractivity contribution in [2.45, 2.75) is 25.7 Å². The van der Waals surface area contributed by atoms with Crippen LogP contribution in [0, 0.1) is 0 Å². The summed E-state index contributed by atoms with van der Waals surface area (Å²) in [7, 11) is 0. The third-order valence-corrected chi connectivity index (χ3v) is 4.11. The maximum Gasteiger partial charge on any atom is 0.191 e. The topological polar surface area (TPSA) is 41.6 Å². The molecule has 1 fully saturated rings. The van der Waals surface area contributed by atoms with Crippen LogP contribution >= 0.6 is 11.8 Å². The van der Waals surface area contributed by atoms with Crippen LogP contribution in [0.3, 0.4) is 0 Å². The third-order valence-electron chi connectivity index (χ3n) is 3.16. The van der Waals surface area contributed by atoms with Crippen LogP contribution in [0.4, 0.5) is 0 Å². The monoisotopic (exact) mass is 239 g/mol. The van der Waals surface area contributed by atoms with Crippen molar-refractivity contribution in [2.24, 2.45) is 10.7 Å². The smallest absolute Gasteiger partial charge is 0.191 e. The Morgan fingerprint density at radius 3 is 2.88 bits per heavy atom. The average molecular weight is 239 g/mol. The van der Waals surface area contributed by atoms with Gasteiger partial charge in [-0.05, 0) is 25.7 Å². The number of nitrogens with two attached hydrogens (primary N) is 1. The van der Waals surface area contributed by atoms with E-state index in [0.717, 1.165) is 25.6 Å². The molecule has 1 heterocycles. The number of aliphatic imine (C=N–C) groups is 1. The largest absolute Gasteiger partial charge is 0.370 e. The summed E-state index contributed by atoms with van der Waals surface area (Å²) < 4.78 is 0. The lowest BCUT2D eigenvalue weighted by atomic mass is 10.00. The standard InChI is InChI=1S/C12H21N3S/c13-12(15-6-8-16-9-7-15)14-10-11-4-2-1-3-5-11/h4H,1-3,5-10H2,(H2,13,14). The number of allylic oxidation sites excluding steroid dienone is 1. The minimum Gasteiger partial charge on any atom is -0.370 e. The minimum atomic E-state index is 0.742. The summed E-state index contributed by atoms with van der Waals surface area (Å²) in [5.41, 5.74) is 7.48. The zero-order valence-electron chi connectivity index (χ0n) is 9.82. The first-order valence-corrected chi connectivity index (χ1v) is 7.32. The molecule has 0 spiro atoms. The molecule has 2 N–H and O–H groups in total. The van der Waals surface area contributed by atoms with E-state index in [1.807, 2.05) is 11.8 Å². The van der Waals surface area contributed by atoms with Crippen LogP contribution in [0.5, 0.6) is 0 Å². The predicted molar refractivity (Wildman–Crippen MR) is 71.9 cm³/mol. The van der Waals surface area contributed by atoms with Crippen molar-refractivity contribution in [2.75, 3.05) is 31.1 Å². The fraction of sp³-hybridized carbons (Fsp3) is 0.750. The molecule has 90 valence electrons. The van der Waals surface area contributed by atoms with E-state index in [0.29, 0.717) is 0 Å². The summed E-state index contributed by atoms with van der Waals surface area (Å²) in [6.07, 6.45) is 7.44. The first-order chi connectivity index (χ1) is 7.86. The van der Waals surface area contributed by atoms with Gasteiger partial charge in [-0.15, -0.1) is 0 Å². The maximum atomic E-state index is 6.01. The Morgan fingerprint density at radius 2 is 2.19 bits per heavy atom. The molecule has 2 aliphatic rings. The molecular formula is C12H21N3S. The summed E-state index contributed by atoms with van der Waals surface area (Å²) in [6, 6.07) is 0. The van der Waals surface area contributed by atoms with E-state index < -0.39 is 0 Å². The van der Waals surface area contributed by atoms with Gasteiger partial charge in [-0.2, -0.15) is 11.8 Å². The summed E-state index contributed by atoms with van der Waals surface area (Å²) in [5.74, 6) is 3.10. The fourth-order valence-electron chi connectivity index (χ4n) is 2.12. The quantitative estimate of drug-likeness (QED) is 0.454. The number of hydrogen-bond acceptors (Lipinski definition) is 2. The number of hydrogen-bond donors (Lipinski definition) is 1. The zero-order chi connectivity index (χ0) is 11.2. The molecule has 0 aromatic heterocycles. The van der Waals surface area contributed by atoms with E-state index in [9.17, 15) is 0 Å². The van der Waals surface area contributed by atoms with Crippen LogP contribution in [0.25, 0.3) is 0 Å². The van der Waals surface area contributed by atoms with Crippen molar-refractivity contribution < 1.29 is 0 Å². The molecular weight excluding hydrogens is 218 g/mol. The van der Waals surface area contributed by atoms with Gasteiger partial charge in [0.25, 0.3) is 0 Å². The van der Waals surface area contributed by atoms with Crippen molar-refractivity contribution in [3.63, 3.8) is 0 Å². The van der Waals surface area contributed by atoms with E-state index in [4.69, 9.17) is 5.73 Å². The molecule has 0 unspecified atom stereocenters. The first kappa shape index (κ1) is 11.8. The third kappa shape index (κ3) is 3.44. The minimum absolute atomic E-state index is 0.742. The molecule has 16 heavy (non-hydrogen) atoms. The molecule has 2 rings (SSSR count). The van der Waals surface area contributed by atoms with E-state index in [1.54, 1.807) is 0 Å². The van der Waals surface area contributed by atoms with Crippen molar-refractivity contribution in [1.29, 1.82) is 0 Å². The molecule has 1 aliphatic heterocycles. The molecule has 0 atom stereocenters. The highest BCUT2D eigenvalue weighted by atomic mass is 32.2. The molecule has 0 saturated carbocycles. The summed E-state index contributed by atoms with van der Waals surface area (Å²) in [4.78, 5) is 6.72. The van der Waals surface area contributed by atoms with Gasteiger partial charge >= 0.3 is 0 Å². The van der Waals surface area contributed by atoms with Crippen LogP contribution in [-0.4, -0.2) is 42.0 Å². The lowest BCUT2D eigenvalue weighted by Crippen LogP contribution is -2.42. The van der Waals surface area contributed by atoms with Gasteiger partial charge in [0.1, 0.15) is 0 Å². The van der Waals surface area contributed by atoms with Crippen LogP contribution in [0.2, 0.25) is 0 Å². The highest BCUT2D eigenvalue weighted by Gasteiger charge is 2.12. The Bertz CT molecular complexity index is 280. The lowest BCUT2D eigenvalue weighted by Gasteiger charge is -2.27. The Labute approximate surface area is 102 Å². The van der Waals surface area contributed by atoms with Crippen molar-refractivity contribution in [3.05, 3.63) is 11.6 Å². The van der Waals surface area contributed by atoms with E-state index in [-0.39, 0.29) is 0 Å². The number of guanidine groups is 1. The molecule has 0 amide bonds. The molecule has 3 nitrogen and oxygen atoms in total. The van der Waals surface area contributed by atoms with Crippen molar-refractivity contribution >= 4 is 17.7 Å². The molecule has 0 radical (unpaired) electrons. The van der Waals surface area contributed by atoms with E-state index in [1.165, 1.54) is 42.8 Å². The summed E-state index contributed by atoms with van der Waals surface area (Å²) >= 11 is 2.00. The van der Waals surface area contributed by atoms with Gasteiger partial charge in [0.15, 0.2) is 5.96 Å². The van der Waals surface area contributed by atoms with Gasteiger partial charge in [-0.25, -0.2) is 4.99 Å². The molecule has 4 heteroatoms. The van der Waals surface area contributed by atoms with Crippen molar-refractivity contribution in [1.82, 2.24) is 4.90 Å². The molecule has 0 aromatic carbocycles. The van der Waals surface area contributed by atoms with Gasteiger partial charge in [0.2, 0.25) is 0 Å². The second-order valence-electron chi connectivity index (χ2n) is 4.38. The Morgan fingerprint density at radius 1 is 1.38 bits per heavy atom. The Kier molecular flexibility index (Phi) is 4.57. The van der Waals surface area contributed by atoms with Gasteiger partial charge in [-0.3, -0.25) is 0 Å². The van der Waals surface area contributed by atoms with Gasteiger partial charge in [0.05, 0.1) is 6.54 Å². The van der Waals surface area contributed by atoms with Crippen LogP contribution < -0.4 is 5.73 Å². The average Bonchev–Trinajstić information content (AvgIpc) is 2.38. The fourth-order valence-corrected chi connectivity index (χ4v) is 3.03. The molecule has 0 bridgehead atoms. The lowest BCUT2D eigenvalue weighted by molar-refractivity contribution is 0.456. The predicted octanol–water partition coefficient (Wildman–Crippen LogP) is 1.85. The Balaban J connectivity index is 1.83. The summed E-state index contributed by atoms with van der Waals surface area (Å²) in [6.45, 7) is 2.92. The number of rotatable bonds is 2. The normalized spacial score (nSPS) is 23.1. The SMILES string of the molecule is NC(=NCC1=CCCCC1)N1CCSCC1. The van der Waals surface area contributed by atoms with Gasteiger partial charge in [0, 0.05) is 24.6 Å². The Hall–Kier alpha value is -0.640. The van der Waals surface area contributed by atoms with Crippen molar-refractivity contribution in [3.8, 4) is 0 Å². The number of thioether (sulfide) groups is 1. The van der Waals surface area contributed by atoms with Crippen LogP contribution in [0.1, 0.15) is 25.7 Å². The van der Waals surface area contributed by atoms with Gasteiger partial charge < -0.3 is 10.6 Å². The molecule has 1 aliphatic carbocycles. The van der Waals surface area contributed by atoms with E-state index >= 15 is 0 Å². The second-order valence-corrected chi connectivity index (χ2v) is 5.61. The number of nitrogens with zero attached hydrogens (tertiary/aromatic N) is 2. The van der Waals surface area contributed by atoms with Crippen LogP contribution in [-0.2, 0) is 0 Å². The van der Waals surface area contributed by atoms with Gasteiger partial charge in [-0.1, -0.05) is 11.6 Å². The second kappa shape index (κ2) is 6.18. The molecule has 0 aromatic rings. The van der Waals surface area contributed by atoms with E-state index in [2.05, 4.69) is 16.0 Å². The maximum absolute atomic E-state index is 6.01. The van der Waals surface area contributed by atoms with Crippen LogP contribution in [0.15, 0.2) is 16.6 Å². The summed E-state index contributed by atoms with van der Waals surface area (Å²) in [5, 5.41) is 0. The highest BCUT2D eigenvalue weighted by molar-refractivity contribution is 7.99. The first-order valence-electron chi connectivity index (χ1n) is 6.17. The zero-order valence-corrected chi connectivity index (χ0v) is 10.6. The molecule has 1 saturated heterocycles. The highest BCUT2D eigenvalue weighted by Crippen LogP contribution is 2.17.